The first-order chi connectivity index (χ1) is 60.7. The highest BCUT2D eigenvalue weighted by Gasteiger charge is 2.37. The smallest absolute Gasteiger partial charge is 0.416 e. The van der Waals surface area contributed by atoms with Gasteiger partial charge in [0.2, 0.25) is 53.2 Å². The lowest BCUT2D eigenvalue weighted by molar-refractivity contribution is -0.153. The number of amides is 11. The van der Waals surface area contributed by atoms with E-state index in [1.165, 1.54) is 14.1 Å². The molecule has 8 bridgehead atoms. The van der Waals surface area contributed by atoms with Crippen molar-refractivity contribution in [2.75, 3.05) is 65.2 Å². The molecule has 1 aliphatic heterocycles. The topological polar surface area (TPSA) is 389 Å². The number of carbonyl (C=O) groups is 11. The van der Waals surface area contributed by atoms with Crippen molar-refractivity contribution in [3.05, 3.63) is 338 Å². The van der Waals surface area contributed by atoms with Crippen LogP contribution in [0.25, 0.3) is 22.3 Å². The molecule has 0 saturated carbocycles. The summed E-state index contributed by atoms with van der Waals surface area (Å²) >= 11 is 0. The molecular weight excluding hydrogens is 1580 g/mol. The van der Waals surface area contributed by atoms with Crippen LogP contribution < -0.4 is 64.3 Å². The van der Waals surface area contributed by atoms with E-state index in [0.717, 1.165) is 98.5 Å². The Hall–Kier alpha value is -14.8. The summed E-state index contributed by atoms with van der Waals surface area (Å²) in [5.41, 5.74) is 19.1. The highest BCUT2D eigenvalue weighted by molar-refractivity contribution is 6.04. The minimum atomic E-state index is -1.64. The third kappa shape index (κ3) is 24.5. The van der Waals surface area contributed by atoms with E-state index in [1.54, 1.807) is 103 Å². The SMILES string of the molecule is CNCC(=O)N(CCNC(=O)CNC(=O)[C@H](CC(C)C)NC(=O)[C@H](Cc1ccccc1)NC(=O)CNC(=O)[C@H](CCCCN)N(C(=O)CCC(=O)Nc1ccc(C2=c3ccc([nH]3)=C(c3ccccc3)c3ccc([nH]3)C(c3ccccc3)=c3ccc([nH]3)=C(c3ccccc3)c3ccc2[nH]3)cc1)C(=O)CN(C)C(=O)OCc1ccccc1)C(=O)OCc1ccccc1. The number of fused-ring (bicyclic) bond motifs is 8. The number of nitrogens with one attached hydrogen (secondary N) is 11. The molecule has 0 spiro atoms. The Kier molecular flexibility index (Phi) is 31.6. The molecule has 0 fully saturated rings. The lowest BCUT2D eigenvalue weighted by Gasteiger charge is -2.31. The standard InChI is InChI=1S/C97H103N15O13/c1-63(2)55-80(93(119)101-57-84(114)100-53-54-111(87(117)59-99-3)97(123)125-62-66-29-15-7-16-30-66)109-94(120)81(56-64-25-11-5-12-26-64)108-85(115)58-102-95(121)82(37-23-24-52-98)112(88(118)60-110(4)96(122)124-61-65-27-13-6-14-28-65)86(116)51-50-83(113)103-71-40-38-70(39-41-71)92-78-48-46-76(106-78)90(68-33-19-9-20-34-68)74-44-42-72(104-74)89(67-31-17-8-18-32-67)73-43-45-75(105-73)91(69-35-21-10-22-36-69)77-47-49-79(92)107-77/h5-22,25-36,38-49,63,80-82,99,104-107H,23-24,37,50-62,98H2,1-4H3,(H,100,114)(H,101,119)(H,102,121)(H,103,113)(H,108,115)(H,109,120)/t80-,81-,82-/m0/s1. The Morgan fingerprint density at radius 2 is 0.864 bits per heavy atom. The second-order valence-electron chi connectivity index (χ2n) is 30.6. The highest BCUT2D eigenvalue weighted by atomic mass is 16.6. The molecule has 0 unspecified atom stereocenters. The molecule has 5 heterocycles. The van der Waals surface area contributed by atoms with Gasteiger partial charge in [0.1, 0.15) is 37.9 Å². The van der Waals surface area contributed by atoms with Crippen LogP contribution in [0.1, 0.15) is 114 Å². The summed E-state index contributed by atoms with van der Waals surface area (Å²) in [4.78, 5) is 172. The van der Waals surface area contributed by atoms with Gasteiger partial charge in [-0.1, -0.05) is 208 Å². The molecule has 125 heavy (non-hydrogen) atoms. The first-order valence-corrected chi connectivity index (χ1v) is 41.6. The molecule has 644 valence electrons. The van der Waals surface area contributed by atoms with E-state index in [9.17, 15) is 52.7 Å². The number of anilines is 1. The number of ether oxygens (including phenoxy) is 2. The zero-order valence-corrected chi connectivity index (χ0v) is 70.1. The molecule has 11 amide bonds. The first kappa shape index (κ1) is 89.5. The van der Waals surface area contributed by atoms with Crippen LogP contribution >= 0.6 is 0 Å². The van der Waals surface area contributed by atoms with Crippen LogP contribution in [0.5, 0.6) is 0 Å². The van der Waals surface area contributed by atoms with Crippen molar-refractivity contribution in [2.24, 2.45) is 11.7 Å². The summed E-state index contributed by atoms with van der Waals surface area (Å²) in [5, 5.41) is 22.1. The molecule has 12 rings (SSSR count). The Morgan fingerprint density at radius 3 is 1.34 bits per heavy atom. The summed E-state index contributed by atoms with van der Waals surface area (Å²) in [6.07, 6.45) is -2.61. The van der Waals surface area contributed by atoms with Crippen LogP contribution in [-0.4, -0.2) is 178 Å². The number of aromatic nitrogens is 4. The number of nitrogens with zero attached hydrogens (tertiary/aromatic N) is 3. The van der Waals surface area contributed by atoms with E-state index in [4.69, 9.17) is 15.2 Å². The van der Waals surface area contributed by atoms with Crippen molar-refractivity contribution in [3.8, 4) is 0 Å². The van der Waals surface area contributed by atoms with Gasteiger partial charge in [-0.25, -0.2) is 14.5 Å². The van der Waals surface area contributed by atoms with Crippen molar-refractivity contribution in [1.82, 2.24) is 66.5 Å². The number of H-pyrrole nitrogens is 4. The van der Waals surface area contributed by atoms with Gasteiger partial charge in [0, 0.05) is 112 Å². The first-order valence-electron chi connectivity index (χ1n) is 41.6. The third-order valence-corrected chi connectivity index (χ3v) is 20.9. The van der Waals surface area contributed by atoms with Crippen LogP contribution in [0, 0.1) is 5.92 Å². The molecule has 7 aromatic carbocycles. The summed E-state index contributed by atoms with van der Waals surface area (Å²) in [6.45, 7) is 0.770. The van der Waals surface area contributed by atoms with Gasteiger partial charge in [-0.15, -0.1) is 0 Å². The van der Waals surface area contributed by atoms with Gasteiger partial charge in [-0.05, 0) is 145 Å². The number of hydrogen-bond acceptors (Lipinski definition) is 15. The largest absolute Gasteiger partial charge is 0.445 e. The molecule has 28 heteroatoms. The molecule has 3 atom stereocenters. The lowest BCUT2D eigenvalue weighted by atomic mass is 10.0. The van der Waals surface area contributed by atoms with E-state index < -0.39 is 116 Å². The maximum atomic E-state index is 15.0. The Morgan fingerprint density at radius 1 is 0.416 bits per heavy atom. The van der Waals surface area contributed by atoms with Crippen molar-refractivity contribution in [3.63, 3.8) is 0 Å². The minimum absolute atomic E-state index is 0.0848. The van der Waals surface area contributed by atoms with Gasteiger partial charge in [0.15, 0.2) is 0 Å². The Balaban J connectivity index is 0.758. The summed E-state index contributed by atoms with van der Waals surface area (Å²) < 4.78 is 10.9. The Bertz CT molecular complexity index is 5860. The van der Waals surface area contributed by atoms with Crippen LogP contribution in [0.3, 0.4) is 0 Å². The number of aromatic amines is 4. The number of rotatable bonds is 37. The second-order valence-corrected chi connectivity index (χ2v) is 30.6. The van der Waals surface area contributed by atoms with E-state index in [2.05, 4.69) is 130 Å². The number of likely N-dealkylation sites (N-methyl/N-ethyl adjacent to an activating group) is 2. The molecule has 0 aliphatic carbocycles. The highest BCUT2D eigenvalue weighted by Crippen LogP contribution is 2.30. The maximum Gasteiger partial charge on any atom is 0.416 e. The average Bonchev–Trinajstić information content (AvgIpc) is 1.62. The molecule has 1 aliphatic rings. The van der Waals surface area contributed by atoms with Gasteiger partial charge >= 0.3 is 12.2 Å². The molecule has 0 saturated heterocycles. The number of imide groups is 2. The Labute approximate surface area is 723 Å². The van der Waals surface area contributed by atoms with Crippen molar-refractivity contribution in [1.29, 1.82) is 0 Å². The van der Waals surface area contributed by atoms with E-state index in [0.29, 0.717) is 33.7 Å². The van der Waals surface area contributed by atoms with Gasteiger partial charge in [0.05, 0.1) is 19.6 Å². The molecule has 11 aromatic rings. The van der Waals surface area contributed by atoms with Gasteiger partial charge < -0.3 is 77.3 Å². The minimum Gasteiger partial charge on any atom is -0.445 e. The zero-order chi connectivity index (χ0) is 88.1. The normalized spacial score (nSPS) is 12.4. The molecular formula is C97H103N15O13. The average molecular weight is 1690 g/mol. The predicted octanol–water partition coefficient (Wildman–Crippen LogP) is 7.13. The number of benzene rings is 7. The zero-order valence-electron chi connectivity index (χ0n) is 70.1. The maximum absolute atomic E-state index is 15.0. The van der Waals surface area contributed by atoms with Gasteiger partial charge in [-0.2, -0.15) is 0 Å². The van der Waals surface area contributed by atoms with Crippen molar-refractivity contribution >= 4 is 93.3 Å². The van der Waals surface area contributed by atoms with Crippen LogP contribution in [0.4, 0.5) is 15.3 Å². The second kappa shape index (κ2) is 44.2. The summed E-state index contributed by atoms with van der Waals surface area (Å²) in [6, 6.07) is 76.6. The fraction of sp³-hybridized carbons (Fsp3) is 0.247. The number of carbonyl (C=O) groups excluding carboxylic acids is 11. The predicted molar refractivity (Wildman–Crippen MR) is 474 cm³/mol. The van der Waals surface area contributed by atoms with Crippen LogP contribution in [-0.2, 0) is 72.3 Å². The third-order valence-electron chi connectivity index (χ3n) is 20.9. The van der Waals surface area contributed by atoms with Gasteiger partial charge in [0.25, 0.3) is 0 Å². The molecule has 0 radical (unpaired) electrons. The number of unbranched alkanes of at least 4 members (excludes halogenated alkanes) is 1. The quantitative estimate of drug-likeness (QED) is 0.0172. The van der Waals surface area contributed by atoms with E-state index in [1.807, 2.05) is 92.7 Å². The lowest BCUT2D eigenvalue weighted by Crippen LogP contribution is -2.57. The number of nitrogens with two attached hydrogens (primary N) is 1. The number of hydrogen-bond donors (Lipinski definition) is 12. The molecule has 13 N–H and O–H groups in total. The molecule has 4 aromatic heterocycles. The van der Waals surface area contributed by atoms with Crippen LogP contribution in [0.15, 0.2) is 255 Å². The monoisotopic (exact) mass is 1690 g/mol. The van der Waals surface area contributed by atoms with E-state index in [-0.39, 0.29) is 71.0 Å². The van der Waals surface area contributed by atoms with Crippen molar-refractivity contribution < 1.29 is 62.2 Å². The summed E-state index contributed by atoms with van der Waals surface area (Å²) in [7, 11) is 2.82. The van der Waals surface area contributed by atoms with E-state index >= 15 is 0 Å². The fourth-order valence-electron chi connectivity index (χ4n) is 14.8. The molecule has 28 nitrogen and oxygen atoms in total. The van der Waals surface area contributed by atoms with Gasteiger partial charge in [-0.3, -0.25) is 48.1 Å². The fourth-order valence-corrected chi connectivity index (χ4v) is 14.8. The van der Waals surface area contributed by atoms with Crippen molar-refractivity contribution in [2.45, 2.75) is 90.1 Å². The van der Waals surface area contributed by atoms with Crippen LogP contribution in [0.2, 0.25) is 0 Å². The summed E-state index contributed by atoms with van der Waals surface area (Å²) in [5.74, 6) is -7.46.